The summed E-state index contributed by atoms with van der Waals surface area (Å²) in [5, 5.41) is 15.0. The summed E-state index contributed by atoms with van der Waals surface area (Å²) in [6.07, 6.45) is 6.18. The van der Waals surface area contributed by atoms with Gasteiger partial charge in [-0.05, 0) is 29.8 Å². The molecule has 1 aromatic carbocycles. The molecule has 0 aliphatic rings. The lowest BCUT2D eigenvalue weighted by molar-refractivity contribution is 0.0898. The van der Waals surface area contributed by atoms with Gasteiger partial charge in [-0.3, -0.25) is 4.98 Å². The van der Waals surface area contributed by atoms with Crippen LogP contribution in [0.5, 0.6) is 11.5 Å². The number of fused-ring (bicyclic) bond motifs is 1. The first-order valence-electron chi connectivity index (χ1n) is 12.2. The number of aromatic nitrogens is 3. The van der Waals surface area contributed by atoms with Gasteiger partial charge in [-0.15, -0.1) is 0 Å². The molecule has 12 heteroatoms. The van der Waals surface area contributed by atoms with E-state index < -0.39 is 31.5 Å². The summed E-state index contributed by atoms with van der Waals surface area (Å²) in [4.78, 5) is 20.4. The van der Waals surface area contributed by atoms with E-state index in [0.29, 0.717) is 17.6 Å². The summed E-state index contributed by atoms with van der Waals surface area (Å²) < 4.78 is 43.0. The van der Waals surface area contributed by atoms with Crippen molar-refractivity contribution in [2.45, 2.75) is 39.0 Å². The van der Waals surface area contributed by atoms with Crippen LogP contribution in [0.1, 0.15) is 11.1 Å². The van der Waals surface area contributed by atoms with E-state index in [9.17, 15) is 18.8 Å². The van der Waals surface area contributed by atoms with Gasteiger partial charge in [0.15, 0.2) is 17.4 Å². The second-order valence-corrected chi connectivity index (χ2v) is 15.6. The molecule has 4 rings (SSSR count). The first-order valence-corrected chi connectivity index (χ1v) is 15.9. The van der Waals surface area contributed by atoms with Crippen LogP contribution in [-0.4, -0.2) is 35.2 Å². The van der Waals surface area contributed by atoms with Crippen LogP contribution in [-0.2, 0) is 18.0 Å². The van der Waals surface area contributed by atoms with Crippen LogP contribution in [0.15, 0.2) is 55.1 Å². The minimum atomic E-state index is -1.27. The summed E-state index contributed by atoms with van der Waals surface area (Å²) in [5.74, 6) is -2.67. The van der Waals surface area contributed by atoms with Crippen molar-refractivity contribution >= 4 is 30.8 Å². The number of ether oxygens (including phenoxy) is 2. The van der Waals surface area contributed by atoms with Gasteiger partial charge in [-0.2, -0.15) is 5.26 Å². The zero-order chi connectivity index (χ0) is 28.0. The van der Waals surface area contributed by atoms with Crippen molar-refractivity contribution in [1.29, 1.82) is 5.26 Å². The molecular weight excluding hydrogens is 522 g/mol. The number of carbonyl (C=O) groups is 1. The van der Waals surface area contributed by atoms with Gasteiger partial charge in [0.05, 0.1) is 10.9 Å². The number of amides is 2. The number of benzene rings is 1. The molecule has 3 heterocycles. The third-order valence-corrected chi connectivity index (χ3v) is 7.44. The highest BCUT2D eigenvalue weighted by Gasteiger charge is 2.20. The topological polar surface area (TPSA) is 114 Å². The normalized spacial score (nSPS) is 11.3. The van der Waals surface area contributed by atoms with Gasteiger partial charge in [-0.25, -0.2) is 18.6 Å². The number of rotatable bonds is 10. The fraction of sp³-hybridized carbons (Fsp3) is 0.259. The first-order chi connectivity index (χ1) is 18.6. The van der Waals surface area contributed by atoms with Gasteiger partial charge in [0, 0.05) is 63.8 Å². The largest absolute Gasteiger partial charge is 0.450 e. The van der Waals surface area contributed by atoms with Gasteiger partial charge >= 0.3 is 6.03 Å². The van der Waals surface area contributed by atoms with Gasteiger partial charge in [0.1, 0.15) is 24.2 Å². The van der Waals surface area contributed by atoms with Crippen LogP contribution in [0.3, 0.4) is 0 Å². The summed E-state index contributed by atoms with van der Waals surface area (Å²) in [5.41, 5.74) is 1.34. The first kappa shape index (κ1) is 27.7. The van der Waals surface area contributed by atoms with E-state index in [1.54, 1.807) is 35.3 Å². The second kappa shape index (κ2) is 12.0. The maximum atomic E-state index is 14.9. The molecule has 4 aromatic rings. The SMILES string of the molecule is C[Si](C)(C)CCOCn1cc(C#N)c2c(Oc3c(F)cc(NC(=O)NCc4ccncc4)cc3F)ccnc21. The molecule has 0 radical (unpaired) electrons. The number of nitrogens with one attached hydrogen (secondary N) is 2. The Labute approximate surface area is 225 Å². The fourth-order valence-electron chi connectivity index (χ4n) is 3.69. The number of urea groups is 1. The highest BCUT2D eigenvalue weighted by atomic mass is 28.3. The number of hydrogen-bond acceptors (Lipinski definition) is 6. The van der Waals surface area contributed by atoms with Crippen LogP contribution in [0.25, 0.3) is 11.0 Å². The van der Waals surface area contributed by atoms with E-state index in [-0.39, 0.29) is 30.3 Å². The summed E-state index contributed by atoms with van der Waals surface area (Å²) in [6, 6.07) is 9.21. The Balaban J connectivity index is 1.49. The molecule has 0 saturated heterocycles. The highest BCUT2D eigenvalue weighted by Crippen LogP contribution is 2.35. The predicted octanol–water partition coefficient (Wildman–Crippen LogP) is 6.01. The van der Waals surface area contributed by atoms with Gasteiger partial charge in [-0.1, -0.05) is 19.6 Å². The number of anilines is 1. The number of nitrogens with zero attached hydrogens (tertiary/aromatic N) is 4. The molecule has 0 aliphatic heterocycles. The van der Waals surface area contributed by atoms with Gasteiger partial charge in [0.25, 0.3) is 0 Å². The molecule has 0 unspecified atom stereocenters. The summed E-state index contributed by atoms with van der Waals surface area (Å²) >= 11 is 0. The van der Waals surface area contributed by atoms with Crippen LogP contribution in [0.4, 0.5) is 19.3 Å². The Bertz CT molecular complexity index is 1490. The number of nitriles is 1. The van der Waals surface area contributed by atoms with Crippen molar-refractivity contribution in [3.8, 4) is 17.6 Å². The Hall–Kier alpha value is -4.34. The average Bonchev–Trinajstić information content (AvgIpc) is 3.26. The molecule has 9 nitrogen and oxygen atoms in total. The van der Waals surface area contributed by atoms with E-state index in [0.717, 1.165) is 23.7 Å². The van der Waals surface area contributed by atoms with Crippen LogP contribution in [0, 0.1) is 23.0 Å². The molecule has 202 valence electrons. The Morgan fingerprint density at radius 2 is 1.85 bits per heavy atom. The minimum Gasteiger partial charge on any atom is -0.450 e. The third kappa shape index (κ3) is 7.16. The summed E-state index contributed by atoms with van der Waals surface area (Å²) in [6.45, 7) is 7.71. The number of halogens is 2. The number of carbonyl (C=O) groups excluding carboxylic acids is 1. The molecular formula is C27H28F2N6O3Si. The maximum absolute atomic E-state index is 14.9. The molecule has 0 fully saturated rings. The zero-order valence-electron chi connectivity index (χ0n) is 21.8. The van der Waals surface area contributed by atoms with E-state index in [1.807, 2.05) is 0 Å². The van der Waals surface area contributed by atoms with Gasteiger partial charge < -0.3 is 24.7 Å². The van der Waals surface area contributed by atoms with E-state index in [1.165, 1.54) is 12.3 Å². The maximum Gasteiger partial charge on any atom is 0.319 e. The molecule has 2 amide bonds. The van der Waals surface area contributed by atoms with Crippen molar-refractivity contribution in [1.82, 2.24) is 19.9 Å². The second-order valence-electron chi connectivity index (χ2n) is 10.0. The highest BCUT2D eigenvalue weighted by molar-refractivity contribution is 6.76. The van der Waals surface area contributed by atoms with Crippen molar-refractivity contribution in [3.05, 3.63) is 77.9 Å². The van der Waals surface area contributed by atoms with Crippen molar-refractivity contribution in [2.75, 3.05) is 11.9 Å². The quantitative estimate of drug-likeness (QED) is 0.185. The van der Waals surface area contributed by atoms with Crippen LogP contribution in [0.2, 0.25) is 25.7 Å². The molecule has 39 heavy (non-hydrogen) atoms. The zero-order valence-corrected chi connectivity index (χ0v) is 22.8. The Morgan fingerprint density at radius 3 is 2.51 bits per heavy atom. The van der Waals surface area contributed by atoms with Gasteiger partial charge in [0.2, 0.25) is 0 Å². The molecule has 0 atom stereocenters. The predicted molar refractivity (Wildman–Crippen MR) is 145 cm³/mol. The van der Waals surface area contributed by atoms with Crippen LogP contribution >= 0.6 is 0 Å². The average molecular weight is 551 g/mol. The lowest BCUT2D eigenvalue weighted by Gasteiger charge is -2.15. The number of pyridine rings is 2. The molecule has 2 N–H and O–H groups in total. The minimum absolute atomic E-state index is 0.0611. The monoisotopic (exact) mass is 550 g/mol. The Morgan fingerprint density at radius 1 is 1.13 bits per heavy atom. The van der Waals surface area contributed by atoms with E-state index in [2.05, 4.69) is 46.3 Å². The molecule has 0 bridgehead atoms. The lowest BCUT2D eigenvalue weighted by atomic mass is 10.2. The van der Waals surface area contributed by atoms with E-state index in [4.69, 9.17) is 9.47 Å². The van der Waals surface area contributed by atoms with Crippen LogP contribution < -0.4 is 15.4 Å². The van der Waals surface area contributed by atoms with Crippen molar-refractivity contribution in [2.24, 2.45) is 0 Å². The molecule has 0 aliphatic carbocycles. The molecule has 0 spiro atoms. The Kier molecular flexibility index (Phi) is 8.53. The smallest absolute Gasteiger partial charge is 0.319 e. The lowest BCUT2D eigenvalue weighted by Crippen LogP contribution is -2.28. The summed E-state index contributed by atoms with van der Waals surface area (Å²) in [7, 11) is -1.27. The fourth-order valence-corrected chi connectivity index (χ4v) is 4.45. The van der Waals surface area contributed by atoms with E-state index >= 15 is 0 Å². The standard InChI is InChI=1S/C27H28F2N6O3Si/c1-39(2,3)11-10-37-17-35-16-19(14-30)24-23(6-9-32-26(24)35)38-25-21(28)12-20(13-22(25)29)34-27(36)33-15-18-4-7-31-8-5-18/h4-9,12-13,16H,10-11,15,17H2,1-3H3,(H2,33,34,36). The third-order valence-electron chi connectivity index (χ3n) is 5.74. The number of hydrogen-bond donors (Lipinski definition) is 2. The van der Waals surface area contributed by atoms with Crippen molar-refractivity contribution in [3.63, 3.8) is 0 Å². The molecule has 0 saturated carbocycles. The van der Waals surface area contributed by atoms with Crippen molar-refractivity contribution < 1.29 is 23.0 Å². The molecule has 3 aromatic heterocycles.